The second-order valence-electron chi connectivity index (χ2n) is 6.09. The fraction of sp³-hybridized carbons (Fsp3) is 0.412. The maximum atomic E-state index is 5.64. The number of aryl methyl sites for hydroxylation is 1. The summed E-state index contributed by atoms with van der Waals surface area (Å²) in [7, 11) is 4.18. The van der Waals surface area contributed by atoms with E-state index in [0.29, 0.717) is 0 Å². The summed E-state index contributed by atoms with van der Waals surface area (Å²) >= 11 is 7.44. The van der Waals surface area contributed by atoms with Crippen molar-refractivity contribution in [2.45, 2.75) is 19.0 Å². The molecule has 1 aliphatic rings. The zero-order valence-electron chi connectivity index (χ0n) is 13.7. The van der Waals surface area contributed by atoms with E-state index in [-0.39, 0.29) is 12.1 Å². The van der Waals surface area contributed by atoms with Gasteiger partial charge in [0.25, 0.3) is 0 Å². The molecule has 0 amide bonds. The zero-order valence-corrected chi connectivity index (χ0v) is 15.3. The van der Waals surface area contributed by atoms with E-state index < -0.39 is 0 Å². The lowest BCUT2D eigenvalue weighted by atomic mass is 10.0. The van der Waals surface area contributed by atoms with Gasteiger partial charge >= 0.3 is 0 Å². The Hall–Kier alpha value is -1.50. The molecule has 0 bridgehead atoms. The van der Waals surface area contributed by atoms with E-state index in [1.807, 2.05) is 18.3 Å². The Labute approximate surface area is 147 Å². The van der Waals surface area contributed by atoms with Gasteiger partial charge in [0.05, 0.1) is 17.8 Å². The van der Waals surface area contributed by atoms with Crippen LogP contribution in [0.5, 0.6) is 0 Å². The molecule has 0 unspecified atom stereocenters. The molecule has 2 aromatic rings. The summed E-state index contributed by atoms with van der Waals surface area (Å²) in [6.45, 7) is 4.05. The Bertz CT molecular complexity index is 668. The average molecular weight is 347 g/mol. The maximum Gasteiger partial charge on any atom is 0.170 e. The lowest BCUT2D eigenvalue weighted by Crippen LogP contribution is -2.35. The van der Waals surface area contributed by atoms with E-state index in [0.717, 1.165) is 23.9 Å². The summed E-state index contributed by atoms with van der Waals surface area (Å²) in [5.74, 6) is 0. The fourth-order valence-corrected chi connectivity index (χ4v) is 4.33. The van der Waals surface area contributed by atoms with Crippen LogP contribution in [0.4, 0.5) is 0 Å². The van der Waals surface area contributed by atoms with Crippen molar-refractivity contribution in [3.05, 3.63) is 52.0 Å². The molecule has 3 heterocycles. The molecule has 0 aromatic carbocycles. The number of nitrogens with one attached hydrogen (secondary N) is 1. The van der Waals surface area contributed by atoms with Crippen molar-refractivity contribution >= 4 is 28.7 Å². The van der Waals surface area contributed by atoms with Crippen LogP contribution in [0.1, 0.15) is 28.2 Å². The maximum absolute atomic E-state index is 5.64. The minimum Gasteiger partial charge on any atom is -0.352 e. The van der Waals surface area contributed by atoms with Crippen molar-refractivity contribution in [3.8, 4) is 0 Å². The molecule has 1 saturated heterocycles. The van der Waals surface area contributed by atoms with Crippen molar-refractivity contribution in [3.63, 3.8) is 0 Å². The Morgan fingerprint density at radius 3 is 2.78 bits per heavy atom. The second kappa shape index (κ2) is 6.95. The first-order valence-corrected chi connectivity index (χ1v) is 9.03. The zero-order chi connectivity index (χ0) is 16.4. The van der Waals surface area contributed by atoms with Gasteiger partial charge in [-0.2, -0.15) is 0 Å². The molecule has 0 spiro atoms. The van der Waals surface area contributed by atoms with Gasteiger partial charge in [0.15, 0.2) is 5.11 Å². The van der Waals surface area contributed by atoms with Crippen molar-refractivity contribution in [2.24, 2.45) is 0 Å². The summed E-state index contributed by atoms with van der Waals surface area (Å²) < 4.78 is 0. The van der Waals surface area contributed by atoms with Crippen LogP contribution >= 0.6 is 23.6 Å². The van der Waals surface area contributed by atoms with Crippen molar-refractivity contribution in [1.82, 2.24) is 20.1 Å². The Balaban J connectivity index is 1.96. The lowest BCUT2D eigenvalue weighted by molar-refractivity contribution is 0.280. The van der Waals surface area contributed by atoms with Gasteiger partial charge in [-0.1, -0.05) is 6.07 Å². The Kier molecular flexibility index (Phi) is 4.94. The van der Waals surface area contributed by atoms with Crippen LogP contribution in [0.15, 0.2) is 35.8 Å². The minimum atomic E-state index is 0.100. The number of likely N-dealkylation sites (N-methyl/N-ethyl adjacent to an activating group) is 1. The first-order valence-electron chi connectivity index (χ1n) is 7.74. The number of rotatable bonds is 5. The largest absolute Gasteiger partial charge is 0.352 e. The van der Waals surface area contributed by atoms with Crippen LogP contribution < -0.4 is 5.32 Å². The molecule has 1 aliphatic heterocycles. The van der Waals surface area contributed by atoms with Crippen LogP contribution in [0.3, 0.4) is 0 Å². The predicted octanol–water partition coefficient (Wildman–Crippen LogP) is 2.99. The predicted molar refractivity (Wildman–Crippen MR) is 99.8 cm³/mol. The van der Waals surface area contributed by atoms with Gasteiger partial charge in [0, 0.05) is 24.2 Å². The van der Waals surface area contributed by atoms with Crippen molar-refractivity contribution < 1.29 is 0 Å². The third kappa shape index (κ3) is 3.39. The molecule has 2 atom stereocenters. The summed E-state index contributed by atoms with van der Waals surface area (Å²) in [4.78, 5) is 10.4. The molecule has 1 N–H and O–H groups in total. The minimum absolute atomic E-state index is 0.100. The number of thiocarbonyl (C=S) groups is 1. The first kappa shape index (κ1) is 16.4. The summed E-state index contributed by atoms with van der Waals surface area (Å²) in [5, 5.41) is 6.47. The number of thiophene rings is 1. The monoisotopic (exact) mass is 346 g/mol. The quantitative estimate of drug-likeness (QED) is 0.841. The molecule has 122 valence electrons. The van der Waals surface area contributed by atoms with Gasteiger partial charge in [-0.05, 0) is 62.4 Å². The molecule has 23 heavy (non-hydrogen) atoms. The number of aromatic nitrogens is 1. The molecular weight excluding hydrogens is 324 g/mol. The highest BCUT2D eigenvalue weighted by Crippen LogP contribution is 2.41. The smallest absolute Gasteiger partial charge is 0.170 e. The number of hydrogen-bond donors (Lipinski definition) is 1. The number of nitrogens with zero attached hydrogens (tertiary/aromatic N) is 3. The first-order chi connectivity index (χ1) is 11.1. The highest BCUT2D eigenvalue weighted by Gasteiger charge is 2.40. The van der Waals surface area contributed by atoms with Crippen molar-refractivity contribution in [1.29, 1.82) is 0 Å². The van der Waals surface area contributed by atoms with E-state index in [2.05, 4.69) is 58.6 Å². The molecular formula is C17H22N4S2. The van der Waals surface area contributed by atoms with E-state index in [4.69, 9.17) is 12.2 Å². The van der Waals surface area contributed by atoms with Gasteiger partial charge < -0.3 is 15.1 Å². The molecule has 0 aliphatic carbocycles. The fourth-order valence-electron chi connectivity index (χ4n) is 2.93. The van der Waals surface area contributed by atoms with Gasteiger partial charge in [0.2, 0.25) is 0 Å². The average Bonchev–Trinajstić information content (AvgIpc) is 3.09. The van der Waals surface area contributed by atoms with Crippen LogP contribution in [-0.4, -0.2) is 47.1 Å². The van der Waals surface area contributed by atoms with Crippen LogP contribution in [-0.2, 0) is 0 Å². The topological polar surface area (TPSA) is 31.4 Å². The summed E-state index contributed by atoms with van der Waals surface area (Å²) in [6, 6.07) is 8.55. The van der Waals surface area contributed by atoms with Gasteiger partial charge in [-0.25, -0.2) is 0 Å². The molecule has 2 aromatic heterocycles. The molecule has 0 saturated carbocycles. The van der Waals surface area contributed by atoms with Crippen molar-refractivity contribution in [2.75, 3.05) is 27.2 Å². The second-order valence-corrected chi connectivity index (χ2v) is 7.43. The van der Waals surface area contributed by atoms with E-state index in [1.165, 1.54) is 10.4 Å². The van der Waals surface area contributed by atoms with Crippen LogP contribution in [0.2, 0.25) is 0 Å². The van der Waals surface area contributed by atoms with Crippen LogP contribution in [0.25, 0.3) is 0 Å². The lowest BCUT2D eigenvalue weighted by Gasteiger charge is -2.28. The third-order valence-electron chi connectivity index (χ3n) is 4.16. The number of hydrogen-bond acceptors (Lipinski definition) is 4. The van der Waals surface area contributed by atoms with Crippen LogP contribution in [0, 0.1) is 6.92 Å². The van der Waals surface area contributed by atoms with E-state index in [1.54, 1.807) is 11.3 Å². The SMILES string of the molecule is Cc1ccsc1[C@H]1[C@@H](c2ccccn2)NC(=S)N1CCN(C)C. The van der Waals surface area contributed by atoms with Gasteiger partial charge in [-0.3, -0.25) is 4.98 Å². The normalized spacial score (nSPS) is 21.0. The highest BCUT2D eigenvalue weighted by molar-refractivity contribution is 7.80. The molecule has 0 radical (unpaired) electrons. The molecule has 3 rings (SSSR count). The standard InChI is InChI=1S/C17H22N4S2/c1-12-7-11-23-16(12)15-14(13-6-4-5-8-18-13)19-17(22)21(15)10-9-20(2)3/h4-8,11,14-15H,9-10H2,1-3H3,(H,19,22)/t14-,15-/m1/s1. The summed E-state index contributed by atoms with van der Waals surface area (Å²) in [5.41, 5.74) is 2.36. The molecule has 6 heteroatoms. The van der Waals surface area contributed by atoms with E-state index in [9.17, 15) is 0 Å². The summed E-state index contributed by atoms with van der Waals surface area (Å²) in [6.07, 6.45) is 1.85. The number of pyridine rings is 1. The molecule has 4 nitrogen and oxygen atoms in total. The van der Waals surface area contributed by atoms with Gasteiger partial charge in [0.1, 0.15) is 0 Å². The Morgan fingerprint density at radius 1 is 1.35 bits per heavy atom. The third-order valence-corrected chi connectivity index (χ3v) is 5.60. The molecule has 1 fully saturated rings. The van der Waals surface area contributed by atoms with Gasteiger partial charge in [-0.15, -0.1) is 11.3 Å². The van der Waals surface area contributed by atoms with E-state index >= 15 is 0 Å². The Morgan fingerprint density at radius 2 is 2.17 bits per heavy atom. The highest BCUT2D eigenvalue weighted by atomic mass is 32.1.